The third-order valence-electron chi connectivity index (χ3n) is 1.35. The van der Waals surface area contributed by atoms with E-state index in [0.717, 1.165) is 0 Å². The molecule has 0 saturated heterocycles. The number of nitrogens with two attached hydrogens (primary N) is 1. The van der Waals surface area contributed by atoms with E-state index in [-0.39, 0.29) is 12.0 Å². The first kappa shape index (κ1) is 9.87. The van der Waals surface area contributed by atoms with Crippen LogP contribution in [0, 0.1) is 5.92 Å². The fraction of sp³-hybridized carbons (Fsp3) is 1.00. The van der Waals surface area contributed by atoms with Crippen molar-refractivity contribution in [2.75, 3.05) is 0 Å². The Morgan fingerprint density at radius 1 is 1.30 bits per heavy atom. The lowest BCUT2D eigenvalue weighted by molar-refractivity contribution is 0.477. The zero-order valence-electron chi connectivity index (χ0n) is 6.46. The van der Waals surface area contributed by atoms with Crippen molar-refractivity contribution in [2.45, 2.75) is 26.8 Å². The van der Waals surface area contributed by atoms with Crippen LogP contribution in [0.3, 0.4) is 0 Å². The van der Waals surface area contributed by atoms with Gasteiger partial charge in [0.25, 0.3) is 10.2 Å². The third-order valence-corrected chi connectivity index (χ3v) is 2.05. The predicted octanol–water partition coefficient (Wildman–Crippen LogP) is -0.176. The molecule has 0 aromatic rings. The van der Waals surface area contributed by atoms with Crippen molar-refractivity contribution in [3.05, 3.63) is 0 Å². The fourth-order valence-electron chi connectivity index (χ4n) is 0.395. The van der Waals surface area contributed by atoms with Gasteiger partial charge in [-0.2, -0.15) is 13.1 Å². The van der Waals surface area contributed by atoms with Gasteiger partial charge in [0.15, 0.2) is 0 Å². The van der Waals surface area contributed by atoms with E-state index in [1.807, 2.05) is 13.8 Å². The van der Waals surface area contributed by atoms with Crippen molar-refractivity contribution in [3.63, 3.8) is 0 Å². The van der Waals surface area contributed by atoms with Crippen molar-refractivity contribution < 1.29 is 8.42 Å². The van der Waals surface area contributed by atoms with Crippen LogP contribution >= 0.6 is 0 Å². The van der Waals surface area contributed by atoms with Crippen LogP contribution in [0.4, 0.5) is 0 Å². The van der Waals surface area contributed by atoms with Crippen LogP contribution in [0.15, 0.2) is 0 Å². The number of hydrogen-bond acceptors (Lipinski definition) is 2. The van der Waals surface area contributed by atoms with Crippen LogP contribution in [0.5, 0.6) is 0 Å². The number of hydrogen-bond donors (Lipinski definition) is 2. The second kappa shape index (κ2) is 3.32. The number of nitrogens with one attached hydrogen (secondary N) is 1. The van der Waals surface area contributed by atoms with Gasteiger partial charge >= 0.3 is 0 Å². The van der Waals surface area contributed by atoms with Crippen molar-refractivity contribution in [2.24, 2.45) is 11.1 Å². The highest BCUT2D eigenvalue weighted by Crippen LogP contribution is 1.99. The Balaban J connectivity index is 3.93. The van der Waals surface area contributed by atoms with Crippen molar-refractivity contribution in [1.82, 2.24) is 4.72 Å². The molecule has 0 aliphatic carbocycles. The van der Waals surface area contributed by atoms with E-state index >= 15 is 0 Å². The summed E-state index contributed by atoms with van der Waals surface area (Å²) in [6, 6.07) is -0.102. The van der Waals surface area contributed by atoms with E-state index in [2.05, 4.69) is 4.72 Å². The van der Waals surface area contributed by atoms with E-state index in [4.69, 9.17) is 5.14 Å². The lowest BCUT2D eigenvalue weighted by atomic mass is 10.1. The first-order chi connectivity index (χ1) is 4.33. The summed E-state index contributed by atoms with van der Waals surface area (Å²) < 4.78 is 23.1. The maximum atomic E-state index is 10.4. The highest BCUT2D eigenvalue weighted by Gasteiger charge is 2.11. The van der Waals surface area contributed by atoms with E-state index in [9.17, 15) is 8.42 Å². The van der Waals surface area contributed by atoms with Gasteiger partial charge in [0.1, 0.15) is 0 Å². The molecule has 3 N–H and O–H groups in total. The van der Waals surface area contributed by atoms with Gasteiger partial charge in [-0.3, -0.25) is 0 Å². The van der Waals surface area contributed by atoms with Crippen LogP contribution in [0.2, 0.25) is 0 Å². The van der Waals surface area contributed by atoms with Crippen molar-refractivity contribution >= 4 is 10.2 Å². The zero-order valence-corrected chi connectivity index (χ0v) is 7.27. The summed E-state index contributed by atoms with van der Waals surface area (Å²) in [5, 5.41) is 4.74. The highest BCUT2D eigenvalue weighted by atomic mass is 32.2. The summed E-state index contributed by atoms with van der Waals surface area (Å²) in [6.07, 6.45) is 0. The normalized spacial score (nSPS) is 15.7. The van der Waals surface area contributed by atoms with Gasteiger partial charge in [-0.1, -0.05) is 13.8 Å². The Bertz CT molecular complexity index is 186. The SMILES string of the molecule is CC(C)C(C)NS(N)(=O)=O. The summed E-state index contributed by atoms with van der Waals surface area (Å²) in [6.45, 7) is 5.61. The van der Waals surface area contributed by atoms with Gasteiger partial charge in [0.05, 0.1) is 0 Å². The molecule has 0 spiro atoms. The molecule has 10 heavy (non-hydrogen) atoms. The molecular weight excluding hydrogens is 152 g/mol. The lowest BCUT2D eigenvalue weighted by Gasteiger charge is -2.14. The topological polar surface area (TPSA) is 72.2 Å². The maximum Gasteiger partial charge on any atom is 0.274 e. The second-order valence-electron chi connectivity index (χ2n) is 2.70. The van der Waals surface area contributed by atoms with Gasteiger partial charge in [-0.05, 0) is 12.8 Å². The standard InChI is InChI=1S/C5H14N2O2S/c1-4(2)5(3)7-10(6,8)9/h4-5,7H,1-3H3,(H2,6,8,9). The van der Waals surface area contributed by atoms with Gasteiger partial charge in [-0.25, -0.2) is 5.14 Å². The van der Waals surface area contributed by atoms with Gasteiger partial charge in [0.2, 0.25) is 0 Å². The van der Waals surface area contributed by atoms with Crippen LogP contribution < -0.4 is 9.86 Å². The minimum absolute atomic E-state index is 0.102. The van der Waals surface area contributed by atoms with E-state index < -0.39 is 10.2 Å². The Labute approximate surface area is 62.0 Å². The Morgan fingerprint density at radius 3 is 1.80 bits per heavy atom. The Hall–Kier alpha value is -0.130. The Kier molecular flexibility index (Phi) is 3.27. The molecule has 0 rings (SSSR count). The molecule has 0 amide bonds. The fourth-order valence-corrected chi connectivity index (χ4v) is 1.19. The quantitative estimate of drug-likeness (QED) is 0.610. The summed E-state index contributed by atoms with van der Waals surface area (Å²) in [4.78, 5) is 0. The molecule has 0 heterocycles. The molecule has 0 radical (unpaired) electrons. The monoisotopic (exact) mass is 166 g/mol. The lowest BCUT2D eigenvalue weighted by Crippen LogP contribution is -2.40. The molecule has 0 aromatic carbocycles. The zero-order chi connectivity index (χ0) is 8.36. The van der Waals surface area contributed by atoms with Crippen molar-refractivity contribution in [3.8, 4) is 0 Å². The average Bonchev–Trinajstić information content (AvgIpc) is 1.60. The first-order valence-electron chi connectivity index (χ1n) is 3.13. The molecule has 1 atom stereocenters. The second-order valence-corrected chi connectivity index (χ2v) is 4.02. The molecule has 62 valence electrons. The summed E-state index contributed by atoms with van der Waals surface area (Å²) in [7, 11) is -3.52. The van der Waals surface area contributed by atoms with Gasteiger partial charge in [0, 0.05) is 6.04 Å². The summed E-state index contributed by atoms with van der Waals surface area (Å²) in [5.41, 5.74) is 0. The molecule has 4 nitrogen and oxygen atoms in total. The molecule has 0 aliphatic rings. The van der Waals surface area contributed by atoms with Crippen molar-refractivity contribution in [1.29, 1.82) is 0 Å². The van der Waals surface area contributed by atoms with E-state index in [0.29, 0.717) is 0 Å². The predicted molar refractivity (Wildman–Crippen MR) is 40.5 cm³/mol. The summed E-state index contributed by atoms with van der Waals surface area (Å²) in [5.74, 6) is 0.262. The number of rotatable bonds is 3. The van der Waals surface area contributed by atoms with E-state index in [1.54, 1.807) is 6.92 Å². The van der Waals surface area contributed by atoms with Crippen LogP contribution in [-0.4, -0.2) is 14.5 Å². The van der Waals surface area contributed by atoms with Crippen LogP contribution in [0.1, 0.15) is 20.8 Å². The van der Waals surface area contributed by atoms with Crippen LogP contribution in [-0.2, 0) is 10.2 Å². The molecule has 0 fully saturated rings. The smallest absolute Gasteiger partial charge is 0.216 e. The first-order valence-corrected chi connectivity index (χ1v) is 4.67. The van der Waals surface area contributed by atoms with E-state index in [1.165, 1.54) is 0 Å². The average molecular weight is 166 g/mol. The molecule has 0 aromatic heterocycles. The Morgan fingerprint density at radius 2 is 1.70 bits per heavy atom. The minimum Gasteiger partial charge on any atom is -0.216 e. The van der Waals surface area contributed by atoms with Crippen LogP contribution in [0.25, 0.3) is 0 Å². The molecule has 1 unspecified atom stereocenters. The molecular formula is C5H14N2O2S. The molecule has 0 saturated carbocycles. The van der Waals surface area contributed by atoms with Gasteiger partial charge < -0.3 is 0 Å². The molecule has 0 aliphatic heterocycles. The third kappa shape index (κ3) is 4.72. The highest BCUT2D eigenvalue weighted by molar-refractivity contribution is 7.87. The molecule has 0 bridgehead atoms. The maximum absolute atomic E-state index is 10.4. The molecule has 5 heteroatoms. The minimum atomic E-state index is -3.52. The largest absolute Gasteiger partial charge is 0.274 e. The summed E-state index contributed by atoms with van der Waals surface area (Å²) >= 11 is 0. The van der Waals surface area contributed by atoms with Gasteiger partial charge in [-0.15, -0.1) is 0 Å².